The number of hydrogen-bond donors (Lipinski definition) is 3. The van der Waals surface area contributed by atoms with Crippen LogP contribution in [-0.2, 0) is 9.59 Å². The number of hydrogen-bond acceptors (Lipinski definition) is 4. The SMILES string of the molecule is Cl.NCC(=O)NCC(=O)N1CCN(C(=O)NC2CCCCC2)CC1. The number of nitrogens with one attached hydrogen (secondary N) is 2. The molecule has 1 saturated heterocycles. The number of nitrogens with zero attached hydrogens (tertiary/aromatic N) is 2. The third kappa shape index (κ3) is 6.16. The standard InChI is InChI=1S/C15H27N5O3.ClH/c16-10-13(21)17-11-14(22)19-6-8-20(9-7-19)15(23)18-12-4-2-1-3-5-12;/h12H,1-11,16H2,(H,17,21)(H,18,23);1H. The molecule has 24 heavy (non-hydrogen) atoms. The molecule has 1 saturated carbocycles. The summed E-state index contributed by atoms with van der Waals surface area (Å²) in [6.45, 7) is 1.88. The van der Waals surface area contributed by atoms with Gasteiger partial charge in [0, 0.05) is 32.2 Å². The zero-order valence-electron chi connectivity index (χ0n) is 14.0. The van der Waals surface area contributed by atoms with Gasteiger partial charge in [-0.05, 0) is 12.8 Å². The Kier molecular flexibility index (Phi) is 8.84. The number of amides is 4. The maximum atomic E-state index is 12.2. The van der Waals surface area contributed by atoms with E-state index >= 15 is 0 Å². The molecule has 1 aliphatic carbocycles. The molecule has 2 fully saturated rings. The molecule has 0 bridgehead atoms. The van der Waals surface area contributed by atoms with Crippen molar-refractivity contribution < 1.29 is 14.4 Å². The van der Waals surface area contributed by atoms with Crippen LogP contribution in [-0.4, -0.2) is 73.0 Å². The lowest BCUT2D eigenvalue weighted by molar-refractivity contribution is -0.133. The van der Waals surface area contributed by atoms with Gasteiger partial charge >= 0.3 is 6.03 Å². The van der Waals surface area contributed by atoms with Crippen molar-refractivity contribution in [3.05, 3.63) is 0 Å². The number of rotatable bonds is 4. The quantitative estimate of drug-likeness (QED) is 0.637. The minimum Gasteiger partial charge on any atom is -0.346 e. The van der Waals surface area contributed by atoms with Crippen molar-refractivity contribution in [2.45, 2.75) is 38.1 Å². The zero-order chi connectivity index (χ0) is 16.7. The first-order valence-electron chi connectivity index (χ1n) is 8.40. The van der Waals surface area contributed by atoms with Crippen LogP contribution in [0.15, 0.2) is 0 Å². The van der Waals surface area contributed by atoms with Crippen LogP contribution in [0.3, 0.4) is 0 Å². The van der Waals surface area contributed by atoms with E-state index in [1.54, 1.807) is 9.80 Å². The summed E-state index contributed by atoms with van der Waals surface area (Å²) in [5.74, 6) is -0.483. The number of carbonyl (C=O) groups excluding carboxylic acids is 3. The predicted octanol–water partition coefficient (Wildman–Crippen LogP) is -0.330. The Labute approximate surface area is 148 Å². The first kappa shape index (κ1) is 20.5. The van der Waals surface area contributed by atoms with E-state index in [0.717, 1.165) is 12.8 Å². The fraction of sp³-hybridized carbons (Fsp3) is 0.800. The second-order valence-electron chi connectivity index (χ2n) is 6.13. The summed E-state index contributed by atoms with van der Waals surface area (Å²) in [6.07, 6.45) is 5.74. The zero-order valence-corrected chi connectivity index (χ0v) is 14.8. The van der Waals surface area contributed by atoms with E-state index in [-0.39, 0.29) is 43.3 Å². The molecule has 0 aromatic rings. The second kappa shape index (κ2) is 10.4. The lowest BCUT2D eigenvalue weighted by Crippen LogP contribution is -2.56. The monoisotopic (exact) mass is 361 g/mol. The van der Waals surface area contributed by atoms with Gasteiger partial charge in [-0.25, -0.2) is 4.79 Å². The van der Waals surface area contributed by atoms with Gasteiger partial charge in [0.05, 0.1) is 13.1 Å². The minimum atomic E-state index is -0.344. The van der Waals surface area contributed by atoms with Gasteiger partial charge in [0.25, 0.3) is 0 Å². The first-order valence-corrected chi connectivity index (χ1v) is 8.40. The fourth-order valence-corrected chi connectivity index (χ4v) is 3.03. The summed E-state index contributed by atoms with van der Waals surface area (Å²) < 4.78 is 0. The number of halogens is 1. The summed E-state index contributed by atoms with van der Waals surface area (Å²) in [4.78, 5) is 38.7. The van der Waals surface area contributed by atoms with Crippen molar-refractivity contribution in [1.82, 2.24) is 20.4 Å². The maximum Gasteiger partial charge on any atom is 0.317 e. The number of urea groups is 1. The van der Waals surface area contributed by atoms with Crippen LogP contribution < -0.4 is 16.4 Å². The van der Waals surface area contributed by atoms with E-state index in [4.69, 9.17) is 5.73 Å². The van der Waals surface area contributed by atoms with Gasteiger partial charge < -0.3 is 26.2 Å². The molecule has 0 unspecified atom stereocenters. The van der Waals surface area contributed by atoms with Crippen LogP contribution >= 0.6 is 12.4 Å². The highest BCUT2D eigenvalue weighted by atomic mass is 35.5. The lowest BCUT2D eigenvalue weighted by Gasteiger charge is -2.36. The molecular weight excluding hydrogens is 334 g/mol. The molecule has 0 spiro atoms. The molecule has 4 amide bonds. The molecule has 1 aliphatic heterocycles. The van der Waals surface area contributed by atoms with Crippen molar-refractivity contribution in [2.75, 3.05) is 39.3 Å². The molecule has 1 heterocycles. The summed E-state index contributed by atoms with van der Waals surface area (Å²) >= 11 is 0. The predicted molar refractivity (Wildman–Crippen MR) is 92.9 cm³/mol. The van der Waals surface area contributed by atoms with Gasteiger partial charge in [-0.1, -0.05) is 19.3 Å². The largest absolute Gasteiger partial charge is 0.346 e. The Hall–Kier alpha value is -1.54. The molecule has 2 rings (SSSR count). The van der Waals surface area contributed by atoms with Crippen LogP contribution in [0.1, 0.15) is 32.1 Å². The summed E-state index contributed by atoms with van der Waals surface area (Å²) in [7, 11) is 0. The Bertz CT molecular complexity index is 435. The Morgan fingerprint density at radius 3 is 2.12 bits per heavy atom. The number of carbonyl (C=O) groups is 3. The summed E-state index contributed by atoms with van der Waals surface area (Å²) in [5.41, 5.74) is 5.18. The van der Waals surface area contributed by atoms with Gasteiger partial charge in [0.2, 0.25) is 11.8 Å². The van der Waals surface area contributed by atoms with E-state index in [2.05, 4.69) is 10.6 Å². The van der Waals surface area contributed by atoms with Crippen molar-refractivity contribution in [3.63, 3.8) is 0 Å². The highest BCUT2D eigenvalue weighted by Crippen LogP contribution is 2.17. The maximum absolute atomic E-state index is 12.2. The lowest BCUT2D eigenvalue weighted by atomic mass is 9.96. The Morgan fingerprint density at radius 1 is 0.958 bits per heavy atom. The molecule has 9 heteroatoms. The molecule has 4 N–H and O–H groups in total. The third-order valence-electron chi connectivity index (χ3n) is 4.47. The van der Waals surface area contributed by atoms with Crippen molar-refractivity contribution in [3.8, 4) is 0 Å². The fourth-order valence-electron chi connectivity index (χ4n) is 3.03. The van der Waals surface area contributed by atoms with Crippen molar-refractivity contribution >= 4 is 30.3 Å². The van der Waals surface area contributed by atoms with Gasteiger partial charge in [-0.2, -0.15) is 0 Å². The van der Waals surface area contributed by atoms with Crippen LogP contribution in [0.25, 0.3) is 0 Å². The third-order valence-corrected chi connectivity index (χ3v) is 4.47. The van der Waals surface area contributed by atoms with Crippen LogP contribution in [0.2, 0.25) is 0 Å². The second-order valence-corrected chi connectivity index (χ2v) is 6.13. The molecule has 0 aromatic heterocycles. The Morgan fingerprint density at radius 2 is 1.54 bits per heavy atom. The van der Waals surface area contributed by atoms with Crippen LogP contribution in [0.5, 0.6) is 0 Å². The van der Waals surface area contributed by atoms with E-state index in [0.29, 0.717) is 32.2 Å². The van der Waals surface area contributed by atoms with E-state index in [1.165, 1.54) is 19.3 Å². The smallest absolute Gasteiger partial charge is 0.317 e. The van der Waals surface area contributed by atoms with Gasteiger partial charge in [-0.15, -0.1) is 12.4 Å². The molecule has 138 valence electrons. The first-order chi connectivity index (χ1) is 11.1. The van der Waals surface area contributed by atoms with Gasteiger partial charge in [0.1, 0.15) is 0 Å². The topological polar surface area (TPSA) is 108 Å². The van der Waals surface area contributed by atoms with Gasteiger partial charge in [-0.3, -0.25) is 9.59 Å². The average Bonchev–Trinajstić information content (AvgIpc) is 2.60. The van der Waals surface area contributed by atoms with Crippen molar-refractivity contribution in [2.24, 2.45) is 5.73 Å². The highest BCUT2D eigenvalue weighted by molar-refractivity contribution is 5.86. The molecule has 2 aliphatic rings. The summed E-state index contributed by atoms with van der Waals surface area (Å²) in [6, 6.07) is 0.267. The van der Waals surface area contributed by atoms with E-state index in [9.17, 15) is 14.4 Å². The Balaban J connectivity index is 0.00000288. The van der Waals surface area contributed by atoms with E-state index < -0.39 is 0 Å². The van der Waals surface area contributed by atoms with Gasteiger partial charge in [0.15, 0.2) is 0 Å². The van der Waals surface area contributed by atoms with E-state index in [1.807, 2.05) is 0 Å². The summed E-state index contributed by atoms with van der Waals surface area (Å²) in [5, 5.41) is 5.56. The normalized spacial score (nSPS) is 18.5. The molecule has 0 aromatic carbocycles. The van der Waals surface area contributed by atoms with Crippen LogP contribution in [0, 0.1) is 0 Å². The molecule has 0 radical (unpaired) electrons. The number of piperazine rings is 1. The molecule has 0 atom stereocenters. The van der Waals surface area contributed by atoms with Crippen molar-refractivity contribution in [1.29, 1.82) is 0 Å². The molecule has 8 nitrogen and oxygen atoms in total. The average molecular weight is 362 g/mol. The molecular formula is C15H28ClN5O3. The van der Waals surface area contributed by atoms with Crippen LogP contribution in [0.4, 0.5) is 4.79 Å². The number of nitrogens with two attached hydrogens (primary N) is 1. The highest BCUT2D eigenvalue weighted by Gasteiger charge is 2.25. The minimum absolute atomic E-state index is 0.